The van der Waals surface area contributed by atoms with Gasteiger partial charge in [0.05, 0.1) is 0 Å². The summed E-state index contributed by atoms with van der Waals surface area (Å²) in [6.45, 7) is 3.71. The molecule has 0 bridgehead atoms. The lowest BCUT2D eigenvalue weighted by Gasteiger charge is -2.09. The van der Waals surface area contributed by atoms with Gasteiger partial charge >= 0.3 is 6.18 Å². The highest BCUT2D eigenvalue weighted by Crippen LogP contribution is 2.28. The van der Waals surface area contributed by atoms with Crippen molar-refractivity contribution in [2.45, 2.75) is 26.4 Å². The Bertz CT molecular complexity index is 344. The summed E-state index contributed by atoms with van der Waals surface area (Å²) in [7, 11) is 0. The second-order valence-electron chi connectivity index (χ2n) is 3.78. The molecule has 0 radical (unpaired) electrons. The highest BCUT2D eigenvalue weighted by Gasteiger charge is 2.33. The Hall–Kier alpha value is -1.13. The molecule has 0 N–H and O–H groups in total. The van der Waals surface area contributed by atoms with E-state index in [4.69, 9.17) is 0 Å². The third kappa shape index (κ3) is 3.49. The first-order chi connectivity index (χ1) is 6.79. The molecular weight excluding hydrogens is 210 g/mol. The van der Waals surface area contributed by atoms with Gasteiger partial charge in [0, 0.05) is 0 Å². The maximum absolute atomic E-state index is 12.8. The SMILES string of the molecule is CC(C)Cc1cc(F)nc(C(F)(F)F)c1. The van der Waals surface area contributed by atoms with Gasteiger partial charge in [-0.05, 0) is 30.0 Å². The molecule has 15 heavy (non-hydrogen) atoms. The summed E-state index contributed by atoms with van der Waals surface area (Å²) < 4.78 is 49.6. The zero-order valence-electron chi connectivity index (χ0n) is 8.40. The average molecular weight is 221 g/mol. The third-order valence-corrected chi connectivity index (χ3v) is 1.79. The van der Waals surface area contributed by atoms with Crippen LogP contribution in [0, 0.1) is 11.9 Å². The van der Waals surface area contributed by atoms with E-state index in [0.717, 1.165) is 12.1 Å². The Kier molecular flexibility index (Phi) is 3.31. The summed E-state index contributed by atoms with van der Waals surface area (Å²) in [5.74, 6) is -0.909. The zero-order valence-corrected chi connectivity index (χ0v) is 8.40. The van der Waals surface area contributed by atoms with Crippen molar-refractivity contribution in [2.75, 3.05) is 0 Å². The number of halogens is 4. The van der Waals surface area contributed by atoms with E-state index >= 15 is 0 Å². The smallest absolute Gasteiger partial charge is 0.215 e. The number of hydrogen-bond donors (Lipinski definition) is 0. The number of nitrogens with zero attached hydrogens (tertiary/aromatic N) is 1. The van der Waals surface area contributed by atoms with E-state index in [1.54, 1.807) is 0 Å². The number of rotatable bonds is 2. The molecule has 0 saturated heterocycles. The minimum Gasteiger partial charge on any atom is -0.215 e. The van der Waals surface area contributed by atoms with Crippen LogP contribution in [-0.2, 0) is 12.6 Å². The maximum Gasteiger partial charge on any atom is 0.433 e. The van der Waals surface area contributed by atoms with Crippen molar-refractivity contribution in [3.05, 3.63) is 29.3 Å². The van der Waals surface area contributed by atoms with Crippen molar-refractivity contribution >= 4 is 0 Å². The molecule has 0 atom stereocenters. The number of alkyl halides is 3. The van der Waals surface area contributed by atoms with Gasteiger partial charge in [0.25, 0.3) is 0 Å². The standard InChI is InChI=1S/C10H11F4N/c1-6(2)3-7-4-8(10(12,13)14)15-9(11)5-7/h4-6H,3H2,1-2H3. The molecule has 1 aromatic heterocycles. The largest absolute Gasteiger partial charge is 0.433 e. The highest BCUT2D eigenvalue weighted by atomic mass is 19.4. The van der Waals surface area contributed by atoms with Crippen molar-refractivity contribution in [3.8, 4) is 0 Å². The van der Waals surface area contributed by atoms with Crippen molar-refractivity contribution < 1.29 is 17.6 Å². The summed E-state index contributed by atoms with van der Waals surface area (Å²) in [6.07, 6.45) is -4.18. The normalized spacial score (nSPS) is 12.2. The Morgan fingerprint density at radius 1 is 1.27 bits per heavy atom. The van der Waals surface area contributed by atoms with E-state index in [0.29, 0.717) is 12.0 Å². The van der Waals surface area contributed by atoms with Crippen LogP contribution in [0.4, 0.5) is 17.6 Å². The molecule has 0 saturated carbocycles. The number of aromatic nitrogens is 1. The second-order valence-corrected chi connectivity index (χ2v) is 3.78. The summed E-state index contributed by atoms with van der Waals surface area (Å²) >= 11 is 0. The summed E-state index contributed by atoms with van der Waals surface area (Å²) in [6, 6.07) is 1.93. The monoisotopic (exact) mass is 221 g/mol. The van der Waals surface area contributed by atoms with Crippen molar-refractivity contribution in [2.24, 2.45) is 5.92 Å². The molecule has 84 valence electrons. The van der Waals surface area contributed by atoms with Crippen molar-refractivity contribution in [3.63, 3.8) is 0 Å². The lowest BCUT2D eigenvalue weighted by Crippen LogP contribution is -2.10. The Balaban J connectivity index is 3.06. The van der Waals surface area contributed by atoms with Crippen LogP contribution >= 0.6 is 0 Å². The molecule has 0 aliphatic heterocycles. The number of hydrogen-bond acceptors (Lipinski definition) is 1. The van der Waals surface area contributed by atoms with Crippen LogP contribution in [0.25, 0.3) is 0 Å². The van der Waals surface area contributed by atoms with Crippen LogP contribution in [0.3, 0.4) is 0 Å². The molecule has 0 aliphatic rings. The van der Waals surface area contributed by atoms with Gasteiger partial charge in [-0.2, -0.15) is 17.6 Å². The summed E-state index contributed by atoms with van der Waals surface area (Å²) in [4.78, 5) is 2.82. The molecule has 0 fully saturated rings. The van der Waals surface area contributed by atoms with Gasteiger partial charge in [-0.3, -0.25) is 0 Å². The van der Waals surface area contributed by atoms with Crippen LogP contribution in [-0.4, -0.2) is 4.98 Å². The van der Waals surface area contributed by atoms with Crippen LogP contribution in [0.15, 0.2) is 12.1 Å². The lowest BCUT2D eigenvalue weighted by molar-refractivity contribution is -0.141. The highest BCUT2D eigenvalue weighted by molar-refractivity contribution is 5.19. The lowest BCUT2D eigenvalue weighted by atomic mass is 10.0. The fourth-order valence-corrected chi connectivity index (χ4v) is 1.28. The van der Waals surface area contributed by atoms with E-state index < -0.39 is 17.8 Å². The second kappa shape index (κ2) is 4.16. The summed E-state index contributed by atoms with van der Waals surface area (Å²) in [5, 5.41) is 0. The van der Waals surface area contributed by atoms with Crippen LogP contribution in [0.5, 0.6) is 0 Å². The van der Waals surface area contributed by atoms with Gasteiger partial charge in [-0.1, -0.05) is 13.8 Å². The Morgan fingerprint density at radius 2 is 1.87 bits per heavy atom. The zero-order chi connectivity index (χ0) is 11.6. The van der Waals surface area contributed by atoms with E-state index in [1.165, 1.54) is 0 Å². The minimum absolute atomic E-state index is 0.174. The van der Waals surface area contributed by atoms with E-state index in [9.17, 15) is 17.6 Å². The van der Waals surface area contributed by atoms with Crippen molar-refractivity contribution in [1.82, 2.24) is 4.98 Å². The van der Waals surface area contributed by atoms with Crippen molar-refractivity contribution in [1.29, 1.82) is 0 Å². The predicted octanol–water partition coefficient (Wildman–Crippen LogP) is 3.44. The Labute approximate surface area is 85.1 Å². The molecule has 0 spiro atoms. The van der Waals surface area contributed by atoms with Crippen LogP contribution in [0.2, 0.25) is 0 Å². The first kappa shape index (κ1) is 11.9. The van der Waals surface area contributed by atoms with Gasteiger partial charge in [0.15, 0.2) is 0 Å². The fourth-order valence-electron chi connectivity index (χ4n) is 1.28. The first-order valence-corrected chi connectivity index (χ1v) is 4.52. The average Bonchev–Trinajstić information content (AvgIpc) is 1.99. The molecule has 0 unspecified atom stereocenters. The van der Waals surface area contributed by atoms with Gasteiger partial charge in [0.1, 0.15) is 5.69 Å². The fraction of sp³-hybridized carbons (Fsp3) is 0.500. The van der Waals surface area contributed by atoms with Crippen LogP contribution in [0.1, 0.15) is 25.1 Å². The topological polar surface area (TPSA) is 12.9 Å². The van der Waals surface area contributed by atoms with E-state index in [1.807, 2.05) is 13.8 Å². The van der Waals surface area contributed by atoms with E-state index in [-0.39, 0.29) is 5.92 Å². The predicted molar refractivity (Wildman–Crippen MR) is 47.7 cm³/mol. The quantitative estimate of drug-likeness (QED) is 0.550. The minimum atomic E-state index is -4.59. The first-order valence-electron chi connectivity index (χ1n) is 4.52. The Morgan fingerprint density at radius 3 is 2.33 bits per heavy atom. The molecular formula is C10H11F4N. The van der Waals surface area contributed by atoms with Crippen LogP contribution < -0.4 is 0 Å². The molecule has 5 heteroatoms. The number of pyridine rings is 1. The molecule has 0 aromatic carbocycles. The maximum atomic E-state index is 12.8. The molecule has 1 nitrogen and oxygen atoms in total. The summed E-state index contributed by atoms with van der Waals surface area (Å²) in [5.41, 5.74) is -0.844. The van der Waals surface area contributed by atoms with E-state index in [2.05, 4.69) is 4.98 Å². The van der Waals surface area contributed by atoms with Gasteiger partial charge in [-0.15, -0.1) is 0 Å². The van der Waals surface area contributed by atoms with Gasteiger partial charge < -0.3 is 0 Å². The molecule has 0 amide bonds. The molecule has 1 aromatic rings. The molecule has 1 rings (SSSR count). The third-order valence-electron chi connectivity index (χ3n) is 1.79. The van der Waals surface area contributed by atoms with Gasteiger partial charge in [-0.25, -0.2) is 4.98 Å². The molecule has 0 aliphatic carbocycles. The van der Waals surface area contributed by atoms with Gasteiger partial charge in [0.2, 0.25) is 5.95 Å². The molecule has 1 heterocycles.